The first kappa shape index (κ1) is 12.8. The molecule has 1 unspecified atom stereocenters. The Morgan fingerprint density at radius 3 is 2.89 bits per heavy atom. The first-order valence-corrected chi connectivity index (χ1v) is 6.29. The van der Waals surface area contributed by atoms with E-state index in [0.29, 0.717) is 24.1 Å². The number of amides is 2. The minimum Gasteiger partial charge on any atom is -0.373 e. The van der Waals surface area contributed by atoms with Gasteiger partial charge in [-0.05, 0) is 24.6 Å². The summed E-state index contributed by atoms with van der Waals surface area (Å²) in [6, 6.07) is 5.00. The molecule has 94 valence electrons. The molecule has 1 fully saturated rings. The van der Waals surface area contributed by atoms with Gasteiger partial charge in [0, 0.05) is 28.4 Å². The van der Waals surface area contributed by atoms with Crippen molar-refractivity contribution in [3.63, 3.8) is 0 Å². The molecule has 1 aliphatic rings. The minimum absolute atomic E-state index is 0.235. The Hall–Kier alpha value is -1.69. The molecule has 0 aliphatic carbocycles. The summed E-state index contributed by atoms with van der Waals surface area (Å²) in [6.45, 7) is 0. The van der Waals surface area contributed by atoms with Gasteiger partial charge in [0.1, 0.15) is 6.04 Å². The Kier molecular flexibility index (Phi) is 3.76. The molecule has 0 spiro atoms. The van der Waals surface area contributed by atoms with E-state index >= 15 is 0 Å². The highest BCUT2D eigenvalue weighted by Crippen LogP contribution is 2.21. The van der Waals surface area contributed by atoms with Gasteiger partial charge in [0.15, 0.2) is 0 Å². The van der Waals surface area contributed by atoms with E-state index in [1.54, 1.807) is 12.1 Å². The van der Waals surface area contributed by atoms with Crippen LogP contribution < -0.4 is 10.6 Å². The number of halogens is 1. The van der Waals surface area contributed by atoms with Crippen molar-refractivity contribution >= 4 is 39.6 Å². The van der Waals surface area contributed by atoms with E-state index in [9.17, 15) is 9.59 Å². The zero-order valence-corrected chi connectivity index (χ0v) is 11.1. The van der Waals surface area contributed by atoms with Gasteiger partial charge in [-0.3, -0.25) is 14.9 Å². The number of anilines is 1. The molecule has 2 amide bonds. The molecular weight excluding hydrogens is 298 g/mol. The van der Waals surface area contributed by atoms with Crippen LogP contribution in [0.1, 0.15) is 18.4 Å². The molecule has 1 aromatic rings. The van der Waals surface area contributed by atoms with Crippen LogP contribution in [0.3, 0.4) is 0 Å². The summed E-state index contributed by atoms with van der Waals surface area (Å²) in [5.41, 5.74) is 1.40. The van der Waals surface area contributed by atoms with E-state index in [4.69, 9.17) is 5.41 Å². The molecule has 1 saturated heterocycles. The summed E-state index contributed by atoms with van der Waals surface area (Å²) >= 11 is 3.33. The van der Waals surface area contributed by atoms with Crippen molar-refractivity contribution in [2.75, 3.05) is 5.32 Å². The predicted molar refractivity (Wildman–Crippen MR) is 71.8 cm³/mol. The summed E-state index contributed by atoms with van der Waals surface area (Å²) in [5, 5.41) is 12.7. The maximum atomic E-state index is 11.6. The zero-order chi connectivity index (χ0) is 13.1. The molecule has 5 nitrogen and oxygen atoms in total. The summed E-state index contributed by atoms with van der Waals surface area (Å²) in [6.07, 6.45) is 2.02. The van der Waals surface area contributed by atoms with Gasteiger partial charge >= 0.3 is 0 Å². The molecule has 18 heavy (non-hydrogen) atoms. The van der Waals surface area contributed by atoms with Crippen LogP contribution in [0.15, 0.2) is 22.7 Å². The Labute approximate surface area is 113 Å². The Bertz CT molecular complexity index is 516. The number of piperidine rings is 1. The number of carbonyl (C=O) groups is 2. The third-order valence-corrected chi connectivity index (χ3v) is 3.23. The molecule has 2 rings (SSSR count). The first-order valence-electron chi connectivity index (χ1n) is 5.50. The molecule has 6 heteroatoms. The van der Waals surface area contributed by atoms with Crippen molar-refractivity contribution in [3.05, 3.63) is 28.2 Å². The van der Waals surface area contributed by atoms with Crippen LogP contribution in [0.5, 0.6) is 0 Å². The van der Waals surface area contributed by atoms with Crippen molar-refractivity contribution in [2.24, 2.45) is 0 Å². The fourth-order valence-corrected chi connectivity index (χ4v) is 2.18. The number of rotatable bonds is 3. The first-order chi connectivity index (χ1) is 8.60. The standard InChI is InChI=1S/C12H12BrN3O2/c13-8-1-2-9(7(5-8)6-14)15-10-3-4-11(17)16-12(10)18/h1-2,5-6,10,14-15H,3-4H2,(H,16,17,18). The fourth-order valence-electron chi connectivity index (χ4n) is 1.80. The van der Waals surface area contributed by atoms with Crippen LogP contribution in [0.2, 0.25) is 0 Å². The van der Waals surface area contributed by atoms with E-state index in [2.05, 4.69) is 26.6 Å². The third-order valence-electron chi connectivity index (χ3n) is 2.74. The highest BCUT2D eigenvalue weighted by atomic mass is 79.9. The van der Waals surface area contributed by atoms with Crippen LogP contribution in [0, 0.1) is 5.41 Å². The molecule has 3 N–H and O–H groups in total. The van der Waals surface area contributed by atoms with Crippen LogP contribution in [-0.2, 0) is 9.59 Å². The van der Waals surface area contributed by atoms with Crippen molar-refractivity contribution in [1.82, 2.24) is 5.32 Å². The highest BCUT2D eigenvalue weighted by Gasteiger charge is 2.26. The van der Waals surface area contributed by atoms with E-state index in [1.165, 1.54) is 6.21 Å². The van der Waals surface area contributed by atoms with Crippen molar-refractivity contribution in [2.45, 2.75) is 18.9 Å². The largest absolute Gasteiger partial charge is 0.373 e. The maximum absolute atomic E-state index is 11.6. The highest BCUT2D eigenvalue weighted by molar-refractivity contribution is 9.10. The minimum atomic E-state index is -0.428. The lowest BCUT2D eigenvalue weighted by Crippen LogP contribution is -2.47. The van der Waals surface area contributed by atoms with Crippen molar-refractivity contribution in [3.8, 4) is 0 Å². The number of hydrogen-bond donors (Lipinski definition) is 3. The molecule has 1 atom stereocenters. The predicted octanol–water partition coefficient (Wildman–Crippen LogP) is 1.66. The van der Waals surface area contributed by atoms with Gasteiger partial charge in [-0.1, -0.05) is 15.9 Å². The monoisotopic (exact) mass is 309 g/mol. The second kappa shape index (κ2) is 5.30. The second-order valence-corrected chi connectivity index (χ2v) is 4.94. The van der Waals surface area contributed by atoms with Gasteiger partial charge in [0.05, 0.1) is 0 Å². The number of carbonyl (C=O) groups excluding carboxylic acids is 2. The lowest BCUT2D eigenvalue weighted by Gasteiger charge is -2.23. The number of imide groups is 1. The SMILES string of the molecule is N=Cc1cc(Br)ccc1NC1CCC(=O)NC1=O. The van der Waals surface area contributed by atoms with Gasteiger partial charge in [0.25, 0.3) is 0 Å². The molecular formula is C12H12BrN3O2. The normalized spacial score (nSPS) is 19.3. The quantitative estimate of drug-likeness (QED) is 0.586. The Morgan fingerprint density at radius 2 is 2.22 bits per heavy atom. The molecule has 0 saturated carbocycles. The number of benzene rings is 1. The lowest BCUT2D eigenvalue weighted by molar-refractivity contribution is -0.133. The molecule has 1 heterocycles. The van der Waals surface area contributed by atoms with E-state index in [0.717, 1.165) is 4.47 Å². The summed E-state index contributed by atoms with van der Waals surface area (Å²) in [7, 11) is 0. The van der Waals surface area contributed by atoms with E-state index in [1.807, 2.05) is 6.07 Å². The fraction of sp³-hybridized carbons (Fsp3) is 0.250. The van der Waals surface area contributed by atoms with Crippen LogP contribution >= 0.6 is 15.9 Å². The van der Waals surface area contributed by atoms with E-state index in [-0.39, 0.29) is 11.8 Å². The van der Waals surface area contributed by atoms with Crippen LogP contribution in [-0.4, -0.2) is 24.1 Å². The molecule has 1 aromatic carbocycles. The summed E-state index contributed by atoms with van der Waals surface area (Å²) < 4.78 is 0.870. The maximum Gasteiger partial charge on any atom is 0.249 e. The average molecular weight is 310 g/mol. The van der Waals surface area contributed by atoms with Crippen molar-refractivity contribution < 1.29 is 9.59 Å². The topological polar surface area (TPSA) is 82.1 Å². The lowest BCUT2D eigenvalue weighted by atomic mass is 10.0. The van der Waals surface area contributed by atoms with Crippen LogP contribution in [0.4, 0.5) is 5.69 Å². The average Bonchev–Trinajstić information content (AvgIpc) is 2.34. The van der Waals surface area contributed by atoms with Gasteiger partial charge in [-0.2, -0.15) is 0 Å². The Balaban J connectivity index is 2.16. The third kappa shape index (κ3) is 2.76. The van der Waals surface area contributed by atoms with E-state index < -0.39 is 6.04 Å². The van der Waals surface area contributed by atoms with Crippen molar-refractivity contribution in [1.29, 1.82) is 5.41 Å². The number of hydrogen-bond acceptors (Lipinski definition) is 4. The van der Waals surface area contributed by atoms with Crippen LogP contribution in [0.25, 0.3) is 0 Å². The molecule has 0 aromatic heterocycles. The number of nitrogens with one attached hydrogen (secondary N) is 3. The summed E-state index contributed by atoms with van der Waals surface area (Å²) in [5.74, 6) is -0.550. The smallest absolute Gasteiger partial charge is 0.249 e. The Morgan fingerprint density at radius 1 is 1.44 bits per heavy atom. The zero-order valence-electron chi connectivity index (χ0n) is 9.50. The van der Waals surface area contributed by atoms with Gasteiger partial charge in [0.2, 0.25) is 11.8 Å². The molecule has 1 aliphatic heterocycles. The second-order valence-electron chi connectivity index (χ2n) is 4.02. The van der Waals surface area contributed by atoms with Gasteiger partial charge < -0.3 is 10.7 Å². The summed E-state index contributed by atoms with van der Waals surface area (Å²) in [4.78, 5) is 22.7. The van der Waals surface area contributed by atoms with Gasteiger partial charge in [-0.15, -0.1) is 0 Å². The van der Waals surface area contributed by atoms with Gasteiger partial charge in [-0.25, -0.2) is 0 Å². The molecule has 0 bridgehead atoms. The molecule has 0 radical (unpaired) electrons.